The number of piperidine rings is 1. The summed E-state index contributed by atoms with van der Waals surface area (Å²) in [6.07, 6.45) is 1.85. The second-order valence-corrected chi connectivity index (χ2v) is 6.63. The fourth-order valence-electron chi connectivity index (χ4n) is 3.15. The van der Waals surface area contributed by atoms with Crippen molar-refractivity contribution in [2.45, 2.75) is 24.9 Å². The van der Waals surface area contributed by atoms with Crippen molar-refractivity contribution in [3.63, 3.8) is 0 Å². The molecule has 116 valence electrons. The van der Waals surface area contributed by atoms with Gasteiger partial charge < -0.3 is 20.4 Å². The summed E-state index contributed by atoms with van der Waals surface area (Å²) >= 11 is 1.16. The van der Waals surface area contributed by atoms with Crippen LogP contribution in [0.4, 0.5) is 4.79 Å². The lowest BCUT2D eigenvalue weighted by Gasteiger charge is -2.41. The Balaban J connectivity index is 1.61. The highest BCUT2D eigenvalue weighted by atomic mass is 32.2. The van der Waals surface area contributed by atoms with E-state index < -0.39 is 6.04 Å². The van der Waals surface area contributed by atoms with Crippen molar-refractivity contribution in [3.05, 3.63) is 0 Å². The standard InChI is InChI=1S/C13H20N4O3S/c18-11-6-14-3-5-17(11)9-2-1-4-16(7-9)12(19)10-8-21-13(20)15-10/h9-10,14H,1-8H2,(H,15,20)/t9?,10-/m0/s1. The van der Waals surface area contributed by atoms with E-state index in [-0.39, 0.29) is 23.1 Å². The molecule has 3 saturated heterocycles. The molecule has 0 radical (unpaired) electrons. The molecule has 0 bridgehead atoms. The number of hydrogen-bond acceptors (Lipinski definition) is 5. The summed E-state index contributed by atoms with van der Waals surface area (Å²) in [5.41, 5.74) is 0. The Kier molecular flexibility index (Phi) is 4.34. The van der Waals surface area contributed by atoms with Gasteiger partial charge in [0.05, 0.1) is 6.54 Å². The molecule has 2 atom stereocenters. The quantitative estimate of drug-likeness (QED) is 0.700. The second kappa shape index (κ2) is 6.23. The minimum atomic E-state index is -0.403. The number of hydrogen-bond donors (Lipinski definition) is 2. The average molecular weight is 312 g/mol. The maximum atomic E-state index is 12.4. The van der Waals surface area contributed by atoms with E-state index in [0.717, 1.165) is 31.1 Å². The SMILES string of the molecule is O=C1N[C@H](C(=O)N2CCCC(N3CCNCC3=O)C2)CS1. The number of thioether (sulfide) groups is 1. The molecule has 8 heteroatoms. The van der Waals surface area contributed by atoms with Gasteiger partial charge in [-0.15, -0.1) is 0 Å². The Morgan fingerprint density at radius 3 is 2.86 bits per heavy atom. The number of nitrogens with zero attached hydrogens (tertiary/aromatic N) is 2. The zero-order chi connectivity index (χ0) is 14.8. The van der Waals surface area contributed by atoms with Crippen molar-refractivity contribution in [2.75, 3.05) is 38.5 Å². The van der Waals surface area contributed by atoms with Gasteiger partial charge in [0.1, 0.15) is 6.04 Å². The molecular formula is C13H20N4O3S. The van der Waals surface area contributed by atoms with E-state index in [1.54, 1.807) is 4.90 Å². The molecule has 0 aliphatic carbocycles. The van der Waals surface area contributed by atoms with Crippen LogP contribution in [0.2, 0.25) is 0 Å². The third-order valence-electron chi connectivity index (χ3n) is 4.25. The molecule has 3 heterocycles. The molecule has 3 amide bonds. The largest absolute Gasteiger partial charge is 0.339 e. The minimum absolute atomic E-state index is 0.0133. The van der Waals surface area contributed by atoms with E-state index in [2.05, 4.69) is 10.6 Å². The van der Waals surface area contributed by atoms with E-state index >= 15 is 0 Å². The van der Waals surface area contributed by atoms with Gasteiger partial charge in [-0.25, -0.2) is 0 Å². The van der Waals surface area contributed by atoms with Crippen LogP contribution in [0.3, 0.4) is 0 Å². The molecule has 0 aromatic heterocycles. The van der Waals surface area contributed by atoms with Gasteiger partial charge in [0.15, 0.2) is 0 Å². The molecule has 0 aromatic rings. The third kappa shape index (κ3) is 3.16. The predicted molar refractivity (Wildman–Crippen MR) is 79.0 cm³/mol. The number of rotatable bonds is 2. The first-order chi connectivity index (χ1) is 10.1. The minimum Gasteiger partial charge on any atom is -0.339 e. The van der Waals surface area contributed by atoms with Crippen LogP contribution in [0.15, 0.2) is 0 Å². The van der Waals surface area contributed by atoms with Crippen molar-refractivity contribution < 1.29 is 14.4 Å². The zero-order valence-corrected chi connectivity index (χ0v) is 12.7. The molecule has 0 spiro atoms. The smallest absolute Gasteiger partial charge is 0.279 e. The second-order valence-electron chi connectivity index (χ2n) is 5.64. The topological polar surface area (TPSA) is 81.8 Å². The predicted octanol–water partition coefficient (Wildman–Crippen LogP) is -0.766. The molecule has 1 unspecified atom stereocenters. The molecule has 3 fully saturated rings. The van der Waals surface area contributed by atoms with Crippen molar-refractivity contribution in [1.29, 1.82) is 0 Å². The average Bonchev–Trinajstić information content (AvgIpc) is 2.94. The first-order valence-corrected chi connectivity index (χ1v) is 8.36. The summed E-state index contributed by atoms with van der Waals surface area (Å²) in [5, 5.41) is 5.64. The Hall–Kier alpha value is -1.28. The van der Waals surface area contributed by atoms with Gasteiger partial charge in [-0.1, -0.05) is 11.8 Å². The number of carbonyl (C=O) groups is 3. The fraction of sp³-hybridized carbons (Fsp3) is 0.769. The number of amides is 3. The van der Waals surface area contributed by atoms with E-state index in [9.17, 15) is 14.4 Å². The van der Waals surface area contributed by atoms with Crippen molar-refractivity contribution in [3.8, 4) is 0 Å². The van der Waals surface area contributed by atoms with Crippen molar-refractivity contribution >= 4 is 28.8 Å². The highest BCUT2D eigenvalue weighted by Gasteiger charge is 2.36. The molecular weight excluding hydrogens is 292 g/mol. The van der Waals surface area contributed by atoms with Crippen LogP contribution in [-0.2, 0) is 9.59 Å². The van der Waals surface area contributed by atoms with E-state index in [1.807, 2.05) is 4.90 Å². The van der Waals surface area contributed by atoms with Crippen molar-refractivity contribution in [1.82, 2.24) is 20.4 Å². The number of carbonyl (C=O) groups excluding carboxylic acids is 3. The number of nitrogens with one attached hydrogen (secondary N) is 2. The summed E-state index contributed by atoms with van der Waals surface area (Å²) in [6.45, 7) is 3.21. The van der Waals surface area contributed by atoms with Crippen LogP contribution in [-0.4, -0.2) is 77.4 Å². The van der Waals surface area contributed by atoms with Crippen LogP contribution in [0, 0.1) is 0 Å². The lowest BCUT2D eigenvalue weighted by atomic mass is 10.0. The van der Waals surface area contributed by atoms with Gasteiger partial charge in [0.25, 0.3) is 5.24 Å². The van der Waals surface area contributed by atoms with Crippen LogP contribution in [0.25, 0.3) is 0 Å². The summed E-state index contributed by atoms with van der Waals surface area (Å²) in [4.78, 5) is 39.3. The van der Waals surface area contributed by atoms with E-state index in [4.69, 9.17) is 0 Å². The van der Waals surface area contributed by atoms with Crippen LogP contribution in [0.1, 0.15) is 12.8 Å². The van der Waals surface area contributed by atoms with E-state index in [1.165, 1.54) is 0 Å². The Morgan fingerprint density at radius 1 is 1.29 bits per heavy atom. The third-order valence-corrected chi connectivity index (χ3v) is 5.13. The zero-order valence-electron chi connectivity index (χ0n) is 11.8. The Labute approximate surface area is 127 Å². The van der Waals surface area contributed by atoms with Gasteiger partial charge in [0, 0.05) is 38.0 Å². The molecule has 3 aliphatic rings. The lowest BCUT2D eigenvalue weighted by Crippen LogP contribution is -2.59. The highest BCUT2D eigenvalue weighted by Crippen LogP contribution is 2.20. The summed E-state index contributed by atoms with van der Waals surface area (Å²) in [7, 11) is 0. The molecule has 7 nitrogen and oxygen atoms in total. The molecule has 0 saturated carbocycles. The highest BCUT2D eigenvalue weighted by molar-refractivity contribution is 8.14. The Bertz CT molecular complexity index is 459. The van der Waals surface area contributed by atoms with E-state index in [0.29, 0.717) is 31.9 Å². The monoisotopic (exact) mass is 312 g/mol. The fourth-order valence-corrected chi connectivity index (χ4v) is 3.92. The molecule has 3 rings (SSSR count). The first kappa shape index (κ1) is 14.6. The molecule has 3 aliphatic heterocycles. The maximum Gasteiger partial charge on any atom is 0.279 e. The van der Waals surface area contributed by atoms with Gasteiger partial charge in [0.2, 0.25) is 11.8 Å². The molecule has 2 N–H and O–H groups in total. The summed E-state index contributed by atoms with van der Waals surface area (Å²) in [6, 6.07) is -0.290. The van der Waals surface area contributed by atoms with Gasteiger partial charge in [-0.05, 0) is 12.8 Å². The van der Waals surface area contributed by atoms with Gasteiger partial charge >= 0.3 is 0 Å². The van der Waals surface area contributed by atoms with Crippen molar-refractivity contribution in [2.24, 2.45) is 0 Å². The number of likely N-dealkylation sites (tertiary alicyclic amines) is 1. The summed E-state index contributed by atoms with van der Waals surface area (Å²) in [5.74, 6) is 0.608. The maximum absolute atomic E-state index is 12.4. The molecule has 0 aromatic carbocycles. The van der Waals surface area contributed by atoms with Gasteiger partial charge in [-0.3, -0.25) is 14.4 Å². The number of piperazine rings is 1. The first-order valence-electron chi connectivity index (χ1n) is 7.37. The Morgan fingerprint density at radius 2 is 2.14 bits per heavy atom. The van der Waals surface area contributed by atoms with Crippen LogP contribution < -0.4 is 10.6 Å². The van der Waals surface area contributed by atoms with Crippen LogP contribution >= 0.6 is 11.8 Å². The molecule has 21 heavy (non-hydrogen) atoms. The van der Waals surface area contributed by atoms with Crippen LogP contribution in [0.5, 0.6) is 0 Å². The van der Waals surface area contributed by atoms with Gasteiger partial charge in [-0.2, -0.15) is 0 Å². The normalized spacial score (nSPS) is 30.5. The summed E-state index contributed by atoms with van der Waals surface area (Å²) < 4.78 is 0. The lowest BCUT2D eigenvalue weighted by molar-refractivity contribution is -0.141.